The predicted molar refractivity (Wildman–Crippen MR) is 57.6 cm³/mol. The summed E-state index contributed by atoms with van der Waals surface area (Å²) in [5, 5.41) is 3.30. The van der Waals surface area contributed by atoms with E-state index in [1.54, 1.807) is 0 Å². The number of likely N-dealkylation sites (tertiary alicyclic amines) is 1. The summed E-state index contributed by atoms with van der Waals surface area (Å²) in [5.41, 5.74) is 1.42. The summed E-state index contributed by atoms with van der Waals surface area (Å²) in [7, 11) is 0. The van der Waals surface area contributed by atoms with Crippen molar-refractivity contribution in [2.45, 2.75) is 33.2 Å². The van der Waals surface area contributed by atoms with Gasteiger partial charge in [0.15, 0.2) is 0 Å². The molecule has 0 aromatic carbocycles. The summed E-state index contributed by atoms with van der Waals surface area (Å²) >= 11 is 0. The molecule has 1 heterocycles. The van der Waals surface area contributed by atoms with Gasteiger partial charge in [-0.15, -0.1) is 0 Å². The van der Waals surface area contributed by atoms with Crippen LogP contribution in [0.4, 0.5) is 0 Å². The standard InChI is InChI=1S/C11H22N2/c1-9(2)12-6-10-7-13(8-10)11(3,4)5/h10,12H,1,6-8H2,2-5H3. The van der Waals surface area contributed by atoms with Gasteiger partial charge in [-0.25, -0.2) is 0 Å². The van der Waals surface area contributed by atoms with Crippen LogP contribution in [-0.4, -0.2) is 30.1 Å². The van der Waals surface area contributed by atoms with Gasteiger partial charge in [-0.1, -0.05) is 6.58 Å². The lowest BCUT2D eigenvalue weighted by Crippen LogP contribution is -2.58. The van der Waals surface area contributed by atoms with Gasteiger partial charge in [-0.3, -0.25) is 4.90 Å². The fourth-order valence-corrected chi connectivity index (χ4v) is 1.57. The molecule has 0 radical (unpaired) electrons. The van der Waals surface area contributed by atoms with Crippen LogP contribution in [0.1, 0.15) is 27.7 Å². The lowest BCUT2D eigenvalue weighted by atomic mass is 9.92. The van der Waals surface area contributed by atoms with Crippen LogP contribution < -0.4 is 5.32 Å². The van der Waals surface area contributed by atoms with Gasteiger partial charge in [0.05, 0.1) is 0 Å². The number of nitrogens with one attached hydrogen (secondary N) is 1. The van der Waals surface area contributed by atoms with Crippen molar-refractivity contribution in [1.29, 1.82) is 0 Å². The van der Waals surface area contributed by atoms with E-state index >= 15 is 0 Å². The second-order valence-corrected chi connectivity index (χ2v) is 5.10. The zero-order valence-electron chi connectivity index (χ0n) is 9.35. The minimum Gasteiger partial charge on any atom is -0.389 e. The molecule has 0 saturated carbocycles. The SMILES string of the molecule is C=C(C)NCC1CN(C(C)(C)C)C1. The summed E-state index contributed by atoms with van der Waals surface area (Å²) in [6.45, 7) is 16.2. The zero-order chi connectivity index (χ0) is 10.1. The lowest BCUT2D eigenvalue weighted by molar-refractivity contribution is 0.0156. The van der Waals surface area contributed by atoms with Crippen LogP contribution in [-0.2, 0) is 0 Å². The van der Waals surface area contributed by atoms with Crippen LogP contribution in [0.15, 0.2) is 12.3 Å². The van der Waals surface area contributed by atoms with E-state index in [0.29, 0.717) is 5.54 Å². The number of nitrogens with zero attached hydrogens (tertiary/aromatic N) is 1. The Kier molecular flexibility index (Phi) is 3.01. The maximum atomic E-state index is 3.83. The second kappa shape index (κ2) is 3.70. The molecule has 1 fully saturated rings. The van der Waals surface area contributed by atoms with Crippen molar-refractivity contribution in [2.75, 3.05) is 19.6 Å². The Morgan fingerprint density at radius 1 is 1.46 bits per heavy atom. The third-order valence-electron chi connectivity index (χ3n) is 2.60. The molecule has 1 N–H and O–H groups in total. The molecule has 0 aromatic heterocycles. The molecule has 1 rings (SSSR count). The normalized spacial score (nSPS) is 19.7. The van der Waals surface area contributed by atoms with E-state index in [2.05, 4.69) is 37.6 Å². The van der Waals surface area contributed by atoms with Gasteiger partial charge in [0.2, 0.25) is 0 Å². The van der Waals surface area contributed by atoms with Crippen molar-refractivity contribution in [3.05, 3.63) is 12.3 Å². The van der Waals surface area contributed by atoms with Gasteiger partial charge in [-0.05, 0) is 27.7 Å². The highest BCUT2D eigenvalue weighted by Gasteiger charge is 2.33. The molecule has 0 aromatic rings. The molecule has 0 amide bonds. The lowest BCUT2D eigenvalue weighted by Gasteiger charge is -2.47. The molecule has 76 valence electrons. The van der Waals surface area contributed by atoms with E-state index < -0.39 is 0 Å². The topological polar surface area (TPSA) is 15.3 Å². The van der Waals surface area contributed by atoms with E-state index in [-0.39, 0.29) is 0 Å². The minimum atomic E-state index is 0.347. The van der Waals surface area contributed by atoms with Crippen molar-refractivity contribution >= 4 is 0 Å². The monoisotopic (exact) mass is 182 g/mol. The second-order valence-electron chi connectivity index (χ2n) is 5.10. The molecule has 1 aliphatic heterocycles. The van der Waals surface area contributed by atoms with Crippen LogP contribution in [0.25, 0.3) is 0 Å². The molecule has 2 nitrogen and oxygen atoms in total. The predicted octanol–water partition coefficient (Wildman–Crippen LogP) is 1.84. The van der Waals surface area contributed by atoms with Crippen LogP contribution >= 0.6 is 0 Å². The highest BCUT2D eigenvalue weighted by Crippen LogP contribution is 2.24. The fourth-order valence-electron chi connectivity index (χ4n) is 1.57. The van der Waals surface area contributed by atoms with Gasteiger partial charge < -0.3 is 5.32 Å². The first-order valence-electron chi connectivity index (χ1n) is 5.04. The molecule has 0 bridgehead atoms. The Morgan fingerprint density at radius 2 is 2.00 bits per heavy atom. The van der Waals surface area contributed by atoms with Crippen LogP contribution in [0.2, 0.25) is 0 Å². The van der Waals surface area contributed by atoms with E-state index in [4.69, 9.17) is 0 Å². The quantitative estimate of drug-likeness (QED) is 0.716. The van der Waals surface area contributed by atoms with Gasteiger partial charge in [0.1, 0.15) is 0 Å². The Morgan fingerprint density at radius 3 is 2.38 bits per heavy atom. The van der Waals surface area contributed by atoms with Crippen molar-refractivity contribution in [2.24, 2.45) is 5.92 Å². The van der Waals surface area contributed by atoms with Crippen LogP contribution in [0, 0.1) is 5.92 Å². The average molecular weight is 182 g/mol. The van der Waals surface area contributed by atoms with Crippen molar-refractivity contribution in [3.63, 3.8) is 0 Å². The summed E-state index contributed by atoms with van der Waals surface area (Å²) in [5.74, 6) is 0.816. The first-order chi connectivity index (χ1) is 5.89. The van der Waals surface area contributed by atoms with Crippen molar-refractivity contribution < 1.29 is 0 Å². The Bertz CT molecular complexity index is 185. The molecule has 0 spiro atoms. The number of hydrogen-bond donors (Lipinski definition) is 1. The van der Waals surface area contributed by atoms with Crippen molar-refractivity contribution in [1.82, 2.24) is 10.2 Å². The number of allylic oxidation sites excluding steroid dienone is 1. The van der Waals surface area contributed by atoms with E-state index in [1.807, 2.05) is 6.92 Å². The Labute approximate surface area is 82.0 Å². The molecular formula is C11H22N2. The van der Waals surface area contributed by atoms with Gasteiger partial charge in [0, 0.05) is 36.8 Å². The third kappa shape index (κ3) is 3.03. The minimum absolute atomic E-state index is 0.347. The Balaban J connectivity index is 2.15. The molecular weight excluding hydrogens is 160 g/mol. The number of hydrogen-bond acceptors (Lipinski definition) is 2. The molecule has 13 heavy (non-hydrogen) atoms. The summed E-state index contributed by atoms with van der Waals surface area (Å²) in [6.07, 6.45) is 0. The largest absolute Gasteiger partial charge is 0.389 e. The molecule has 1 aliphatic rings. The molecule has 1 saturated heterocycles. The summed E-state index contributed by atoms with van der Waals surface area (Å²) in [4.78, 5) is 2.51. The van der Waals surface area contributed by atoms with E-state index in [0.717, 1.165) is 18.2 Å². The highest BCUT2D eigenvalue weighted by molar-refractivity contribution is 4.92. The van der Waals surface area contributed by atoms with Crippen molar-refractivity contribution in [3.8, 4) is 0 Å². The third-order valence-corrected chi connectivity index (χ3v) is 2.60. The maximum absolute atomic E-state index is 3.83. The van der Waals surface area contributed by atoms with Gasteiger partial charge in [-0.2, -0.15) is 0 Å². The first-order valence-corrected chi connectivity index (χ1v) is 5.04. The first kappa shape index (κ1) is 10.6. The van der Waals surface area contributed by atoms with Gasteiger partial charge >= 0.3 is 0 Å². The van der Waals surface area contributed by atoms with Crippen LogP contribution in [0.5, 0.6) is 0 Å². The van der Waals surface area contributed by atoms with Gasteiger partial charge in [0.25, 0.3) is 0 Å². The number of rotatable bonds is 3. The molecule has 0 atom stereocenters. The fraction of sp³-hybridized carbons (Fsp3) is 0.818. The molecule has 0 aliphatic carbocycles. The zero-order valence-corrected chi connectivity index (χ0v) is 9.35. The summed E-state index contributed by atoms with van der Waals surface area (Å²) in [6, 6.07) is 0. The summed E-state index contributed by atoms with van der Waals surface area (Å²) < 4.78 is 0. The average Bonchev–Trinajstić information content (AvgIpc) is 1.79. The highest BCUT2D eigenvalue weighted by atomic mass is 15.2. The van der Waals surface area contributed by atoms with Crippen LogP contribution in [0.3, 0.4) is 0 Å². The Hall–Kier alpha value is -0.500. The van der Waals surface area contributed by atoms with E-state index in [9.17, 15) is 0 Å². The molecule has 0 unspecified atom stereocenters. The van der Waals surface area contributed by atoms with E-state index in [1.165, 1.54) is 13.1 Å². The maximum Gasteiger partial charge on any atom is 0.0196 e. The molecule has 2 heteroatoms. The smallest absolute Gasteiger partial charge is 0.0196 e.